The Hall–Kier alpha value is -1.82. The van der Waals surface area contributed by atoms with Crippen molar-refractivity contribution in [3.05, 3.63) is 23.2 Å². The van der Waals surface area contributed by atoms with E-state index < -0.39 is 5.97 Å². The molecule has 0 aliphatic rings. The Bertz CT molecular complexity index is 552. The van der Waals surface area contributed by atoms with E-state index in [-0.39, 0.29) is 16.7 Å². The lowest BCUT2D eigenvalue weighted by Crippen LogP contribution is -2.08. The van der Waals surface area contributed by atoms with Gasteiger partial charge in [0, 0.05) is 6.20 Å². The molecule has 0 radical (unpaired) electrons. The molecule has 2 aromatic heterocycles. The lowest BCUT2D eigenvalue weighted by atomic mass is 10.5. The fraction of sp³-hybridized carbons (Fsp3) is 0.222. The van der Waals surface area contributed by atoms with Crippen molar-refractivity contribution in [2.75, 3.05) is 12.3 Å². The molecular formula is C9H9ClN4O2. The number of fused-ring (bicyclic) bond motifs is 1. The van der Waals surface area contributed by atoms with Gasteiger partial charge in [0.05, 0.1) is 12.8 Å². The number of imidazole rings is 1. The number of anilines is 1. The molecule has 0 amide bonds. The molecule has 0 atom stereocenters. The summed E-state index contributed by atoms with van der Waals surface area (Å²) in [6.07, 6.45) is 2.84. The van der Waals surface area contributed by atoms with E-state index in [4.69, 9.17) is 22.1 Å². The number of carbonyl (C=O) groups is 1. The zero-order valence-corrected chi connectivity index (χ0v) is 9.23. The van der Waals surface area contributed by atoms with Crippen molar-refractivity contribution in [3.63, 3.8) is 0 Å². The Morgan fingerprint density at radius 2 is 2.44 bits per heavy atom. The first-order valence-electron chi connectivity index (χ1n) is 4.59. The van der Waals surface area contributed by atoms with Gasteiger partial charge in [0.2, 0.25) is 0 Å². The second-order valence-corrected chi connectivity index (χ2v) is 3.39. The number of halogens is 1. The number of hydrogen-bond donors (Lipinski definition) is 1. The monoisotopic (exact) mass is 240 g/mol. The van der Waals surface area contributed by atoms with E-state index in [1.807, 2.05) is 0 Å². The summed E-state index contributed by atoms with van der Waals surface area (Å²) in [7, 11) is 0. The third-order valence-corrected chi connectivity index (χ3v) is 2.16. The molecule has 2 N–H and O–H groups in total. The lowest BCUT2D eigenvalue weighted by Gasteiger charge is -2.02. The van der Waals surface area contributed by atoms with Crippen LogP contribution in [0.15, 0.2) is 12.4 Å². The summed E-state index contributed by atoms with van der Waals surface area (Å²) in [6.45, 7) is 2.02. The molecule has 0 unspecified atom stereocenters. The maximum absolute atomic E-state index is 11.6. The topological polar surface area (TPSA) is 82.5 Å². The molecule has 0 aliphatic carbocycles. The van der Waals surface area contributed by atoms with Crippen LogP contribution in [0, 0.1) is 0 Å². The second-order valence-electron chi connectivity index (χ2n) is 3.01. The van der Waals surface area contributed by atoms with Crippen molar-refractivity contribution in [1.82, 2.24) is 14.4 Å². The highest BCUT2D eigenvalue weighted by Crippen LogP contribution is 2.16. The first-order chi connectivity index (χ1) is 7.63. The van der Waals surface area contributed by atoms with Crippen LogP contribution in [0.1, 0.15) is 17.4 Å². The van der Waals surface area contributed by atoms with Crippen LogP contribution in [0.5, 0.6) is 0 Å². The van der Waals surface area contributed by atoms with Crippen LogP contribution in [0.4, 0.5) is 5.82 Å². The number of esters is 1. The fourth-order valence-electron chi connectivity index (χ4n) is 1.34. The average molecular weight is 241 g/mol. The molecular weight excluding hydrogens is 232 g/mol. The number of rotatable bonds is 2. The van der Waals surface area contributed by atoms with Crippen LogP contribution < -0.4 is 5.73 Å². The van der Waals surface area contributed by atoms with Crippen LogP contribution in [0.25, 0.3) is 5.65 Å². The highest BCUT2D eigenvalue weighted by molar-refractivity contribution is 6.29. The van der Waals surface area contributed by atoms with Gasteiger partial charge in [0.25, 0.3) is 0 Å². The molecule has 0 fully saturated rings. The van der Waals surface area contributed by atoms with Gasteiger partial charge in [-0.15, -0.1) is 0 Å². The molecule has 2 rings (SSSR count). The van der Waals surface area contributed by atoms with Crippen molar-refractivity contribution in [3.8, 4) is 0 Å². The van der Waals surface area contributed by atoms with Gasteiger partial charge >= 0.3 is 5.97 Å². The van der Waals surface area contributed by atoms with Gasteiger partial charge in [-0.3, -0.25) is 4.40 Å². The maximum atomic E-state index is 11.6. The third-order valence-electron chi connectivity index (χ3n) is 1.97. The van der Waals surface area contributed by atoms with Gasteiger partial charge < -0.3 is 10.5 Å². The lowest BCUT2D eigenvalue weighted by molar-refractivity contribution is 0.0518. The first-order valence-corrected chi connectivity index (χ1v) is 4.97. The van der Waals surface area contributed by atoms with Gasteiger partial charge in [0.1, 0.15) is 5.15 Å². The van der Waals surface area contributed by atoms with Crippen molar-refractivity contribution in [2.24, 2.45) is 0 Å². The zero-order valence-electron chi connectivity index (χ0n) is 8.48. The molecule has 6 nitrogen and oxygen atoms in total. The van der Waals surface area contributed by atoms with E-state index in [1.54, 1.807) is 6.92 Å². The number of nitrogen functional groups attached to an aromatic ring is 1. The predicted molar refractivity (Wildman–Crippen MR) is 58.4 cm³/mol. The Balaban J connectivity index is 2.60. The summed E-state index contributed by atoms with van der Waals surface area (Å²) in [5.41, 5.74) is 6.27. The third kappa shape index (κ3) is 1.67. The van der Waals surface area contributed by atoms with Crippen molar-refractivity contribution in [1.29, 1.82) is 0 Å². The molecule has 16 heavy (non-hydrogen) atoms. The maximum Gasteiger partial charge on any atom is 0.356 e. The van der Waals surface area contributed by atoms with Gasteiger partial charge in [-0.25, -0.2) is 14.8 Å². The predicted octanol–water partition coefficient (Wildman–Crippen LogP) is 1.14. The van der Waals surface area contributed by atoms with Crippen molar-refractivity contribution >= 4 is 29.0 Å². The molecule has 0 aromatic carbocycles. The van der Waals surface area contributed by atoms with Gasteiger partial charge in [-0.05, 0) is 6.92 Å². The number of aromatic nitrogens is 3. The molecule has 2 heterocycles. The van der Waals surface area contributed by atoms with E-state index in [0.717, 1.165) is 0 Å². The van der Waals surface area contributed by atoms with Gasteiger partial charge in [-0.1, -0.05) is 11.6 Å². The summed E-state index contributed by atoms with van der Waals surface area (Å²) in [4.78, 5) is 19.4. The highest BCUT2D eigenvalue weighted by Gasteiger charge is 2.15. The summed E-state index contributed by atoms with van der Waals surface area (Å²) >= 11 is 5.74. The zero-order chi connectivity index (χ0) is 11.7. The molecule has 0 saturated heterocycles. The Morgan fingerprint density at radius 3 is 3.12 bits per heavy atom. The average Bonchev–Trinajstić information content (AvgIpc) is 2.61. The summed E-state index contributed by atoms with van der Waals surface area (Å²) in [5.74, 6) is -0.306. The van der Waals surface area contributed by atoms with Crippen LogP contribution in [0.3, 0.4) is 0 Å². The van der Waals surface area contributed by atoms with E-state index in [9.17, 15) is 4.79 Å². The molecule has 84 valence electrons. The minimum atomic E-state index is -0.475. The molecule has 0 aliphatic heterocycles. The minimum Gasteiger partial charge on any atom is -0.461 e. The number of carbonyl (C=O) groups excluding carboxylic acids is 1. The normalized spacial score (nSPS) is 10.6. The SMILES string of the molecule is CCOC(=O)c1cnc2c(N)nc(Cl)cn12. The molecule has 0 saturated carbocycles. The standard InChI is InChI=1S/C9H9ClN4O2/c1-2-16-9(15)5-3-12-8-7(11)13-6(10)4-14(5)8/h3-4H,2H2,1H3,(H2,11,13). The smallest absolute Gasteiger partial charge is 0.356 e. The molecule has 0 bridgehead atoms. The van der Waals surface area contributed by atoms with E-state index >= 15 is 0 Å². The van der Waals surface area contributed by atoms with E-state index in [2.05, 4.69) is 9.97 Å². The summed E-state index contributed by atoms with van der Waals surface area (Å²) in [6, 6.07) is 0. The largest absolute Gasteiger partial charge is 0.461 e. The number of nitrogens with zero attached hydrogens (tertiary/aromatic N) is 3. The molecule has 7 heteroatoms. The Kier molecular flexibility index (Phi) is 2.66. The summed E-state index contributed by atoms with van der Waals surface area (Å²) in [5, 5.41) is 0.188. The highest BCUT2D eigenvalue weighted by atomic mass is 35.5. The second kappa shape index (κ2) is 3.97. The molecule has 2 aromatic rings. The number of ether oxygens (including phenoxy) is 1. The molecule has 0 spiro atoms. The van der Waals surface area contributed by atoms with Gasteiger partial charge in [0.15, 0.2) is 17.2 Å². The minimum absolute atomic E-state index is 0.169. The quantitative estimate of drug-likeness (QED) is 0.796. The Labute approximate surface area is 96.0 Å². The van der Waals surface area contributed by atoms with E-state index in [1.165, 1.54) is 16.8 Å². The Morgan fingerprint density at radius 1 is 1.69 bits per heavy atom. The number of nitrogens with two attached hydrogens (primary N) is 1. The first kappa shape index (κ1) is 10.7. The fourth-order valence-corrected chi connectivity index (χ4v) is 1.53. The van der Waals surface area contributed by atoms with Crippen LogP contribution >= 0.6 is 11.6 Å². The van der Waals surface area contributed by atoms with Gasteiger partial charge in [-0.2, -0.15) is 0 Å². The van der Waals surface area contributed by atoms with Crippen molar-refractivity contribution in [2.45, 2.75) is 6.92 Å². The van der Waals surface area contributed by atoms with Crippen LogP contribution in [-0.2, 0) is 4.74 Å². The van der Waals surface area contributed by atoms with E-state index in [0.29, 0.717) is 12.3 Å². The van der Waals surface area contributed by atoms with Crippen LogP contribution in [-0.4, -0.2) is 26.9 Å². The summed E-state index contributed by atoms with van der Waals surface area (Å²) < 4.78 is 6.33. The van der Waals surface area contributed by atoms with Crippen LogP contribution in [0.2, 0.25) is 5.15 Å². The van der Waals surface area contributed by atoms with Crippen molar-refractivity contribution < 1.29 is 9.53 Å². The number of hydrogen-bond acceptors (Lipinski definition) is 5.